The van der Waals surface area contributed by atoms with Gasteiger partial charge in [0.15, 0.2) is 0 Å². The molecule has 2 rings (SSSR count). The van der Waals surface area contributed by atoms with Gasteiger partial charge in [0.1, 0.15) is 0 Å². The molecule has 0 radical (unpaired) electrons. The van der Waals surface area contributed by atoms with E-state index in [1.807, 2.05) is 4.90 Å². The van der Waals surface area contributed by atoms with Crippen molar-refractivity contribution < 1.29 is 9.53 Å². The number of nitrogens with one attached hydrogen (secondary N) is 1. The molecule has 0 aromatic heterocycles. The topological polar surface area (TPSA) is 41.6 Å². The number of halogens is 1. The van der Waals surface area contributed by atoms with E-state index in [1.54, 1.807) is 6.92 Å². The summed E-state index contributed by atoms with van der Waals surface area (Å²) in [4.78, 5) is 13.0. The molecule has 1 N–H and O–H groups in total. The van der Waals surface area contributed by atoms with Crippen molar-refractivity contribution in [2.75, 3.05) is 32.8 Å². The molecule has 1 spiro atoms. The fourth-order valence-corrected chi connectivity index (χ4v) is 2.26. The number of piperidine rings is 1. The first-order chi connectivity index (χ1) is 6.72. The van der Waals surface area contributed by atoms with Crippen LogP contribution in [0.4, 0.5) is 0 Å². The second-order valence-electron chi connectivity index (χ2n) is 4.21. The average molecular weight is 235 g/mol. The molecule has 2 fully saturated rings. The Balaban J connectivity index is 0.00000112. The first-order valence-corrected chi connectivity index (χ1v) is 5.32. The zero-order valence-electron chi connectivity index (χ0n) is 9.12. The molecule has 0 bridgehead atoms. The zero-order valence-corrected chi connectivity index (χ0v) is 9.94. The lowest BCUT2D eigenvalue weighted by Gasteiger charge is -2.43. The van der Waals surface area contributed by atoms with Gasteiger partial charge in [-0.15, -0.1) is 12.4 Å². The van der Waals surface area contributed by atoms with Gasteiger partial charge in [-0.05, 0) is 12.8 Å². The smallest absolute Gasteiger partial charge is 0.219 e. The van der Waals surface area contributed by atoms with Crippen molar-refractivity contribution in [3.05, 3.63) is 0 Å². The van der Waals surface area contributed by atoms with Crippen molar-refractivity contribution in [3.8, 4) is 0 Å². The number of nitrogens with zero attached hydrogens (tertiary/aromatic N) is 1. The van der Waals surface area contributed by atoms with Gasteiger partial charge in [0.25, 0.3) is 0 Å². The Kier molecular flexibility index (Phi) is 4.37. The molecular weight excluding hydrogens is 216 g/mol. The molecule has 2 aliphatic rings. The molecule has 88 valence electrons. The summed E-state index contributed by atoms with van der Waals surface area (Å²) in [5.74, 6) is 0.184. The van der Waals surface area contributed by atoms with Crippen LogP contribution in [0.25, 0.3) is 0 Å². The van der Waals surface area contributed by atoms with Crippen LogP contribution in [0.1, 0.15) is 19.8 Å². The molecular formula is C10H19ClN2O2. The molecule has 0 unspecified atom stereocenters. The lowest BCUT2D eigenvalue weighted by molar-refractivity contribution is -0.138. The molecule has 0 aromatic carbocycles. The number of likely N-dealkylation sites (tertiary alicyclic amines) is 1. The number of ether oxygens (including phenoxy) is 1. The standard InChI is InChI=1S/C10H18N2O2.ClH/c1-9(13)12-5-2-10(3-6-12)8-11-4-7-14-10;/h11H,2-8H2,1H3;1H. The molecule has 0 atom stereocenters. The van der Waals surface area contributed by atoms with Crippen LogP contribution in [0.5, 0.6) is 0 Å². The third-order valence-corrected chi connectivity index (χ3v) is 3.25. The normalized spacial score (nSPS) is 24.7. The second kappa shape index (κ2) is 5.14. The molecule has 1 amide bonds. The molecule has 0 saturated carbocycles. The van der Waals surface area contributed by atoms with Crippen molar-refractivity contribution in [1.82, 2.24) is 10.2 Å². The van der Waals surface area contributed by atoms with Crippen LogP contribution in [0.15, 0.2) is 0 Å². The summed E-state index contributed by atoms with van der Waals surface area (Å²) in [6.07, 6.45) is 1.94. The summed E-state index contributed by atoms with van der Waals surface area (Å²) in [6.45, 7) is 6.03. The molecule has 0 aliphatic carbocycles. The SMILES string of the molecule is CC(=O)N1CCC2(CC1)CNCCO2.Cl. The minimum absolute atomic E-state index is 0. The fraction of sp³-hybridized carbons (Fsp3) is 0.900. The highest BCUT2D eigenvalue weighted by Crippen LogP contribution is 2.27. The zero-order chi connectivity index (χ0) is 10.0. The maximum atomic E-state index is 11.1. The maximum absolute atomic E-state index is 11.1. The highest BCUT2D eigenvalue weighted by Gasteiger charge is 2.37. The van der Waals surface area contributed by atoms with E-state index in [0.29, 0.717) is 0 Å². The number of carbonyl (C=O) groups is 1. The summed E-state index contributed by atoms with van der Waals surface area (Å²) >= 11 is 0. The van der Waals surface area contributed by atoms with Crippen LogP contribution in [0, 0.1) is 0 Å². The summed E-state index contributed by atoms with van der Waals surface area (Å²) < 4.78 is 5.83. The van der Waals surface area contributed by atoms with E-state index in [-0.39, 0.29) is 23.9 Å². The highest BCUT2D eigenvalue weighted by molar-refractivity contribution is 5.85. The predicted molar refractivity (Wildman–Crippen MR) is 60.3 cm³/mol. The van der Waals surface area contributed by atoms with Crippen LogP contribution in [0.3, 0.4) is 0 Å². The second-order valence-corrected chi connectivity index (χ2v) is 4.21. The van der Waals surface area contributed by atoms with Crippen LogP contribution < -0.4 is 5.32 Å². The molecule has 2 saturated heterocycles. The number of hydrogen-bond donors (Lipinski definition) is 1. The third-order valence-electron chi connectivity index (χ3n) is 3.25. The Labute approximate surface area is 96.7 Å². The monoisotopic (exact) mass is 234 g/mol. The van der Waals surface area contributed by atoms with E-state index in [0.717, 1.165) is 45.6 Å². The molecule has 5 heteroatoms. The van der Waals surface area contributed by atoms with Gasteiger partial charge in [-0.2, -0.15) is 0 Å². The first-order valence-electron chi connectivity index (χ1n) is 5.32. The minimum Gasteiger partial charge on any atom is -0.372 e. The van der Waals surface area contributed by atoms with Gasteiger partial charge in [-0.3, -0.25) is 4.79 Å². The van der Waals surface area contributed by atoms with Crippen LogP contribution >= 0.6 is 12.4 Å². The quantitative estimate of drug-likeness (QED) is 0.660. The van der Waals surface area contributed by atoms with Gasteiger partial charge >= 0.3 is 0 Å². The van der Waals surface area contributed by atoms with E-state index in [4.69, 9.17) is 4.74 Å². The Morgan fingerprint density at radius 2 is 2.07 bits per heavy atom. The summed E-state index contributed by atoms with van der Waals surface area (Å²) in [5.41, 5.74) is 0.0181. The van der Waals surface area contributed by atoms with E-state index in [2.05, 4.69) is 5.32 Å². The third kappa shape index (κ3) is 2.83. The Bertz CT molecular complexity index is 219. The van der Waals surface area contributed by atoms with Crippen LogP contribution in [-0.2, 0) is 9.53 Å². The summed E-state index contributed by atoms with van der Waals surface area (Å²) in [6, 6.07) is 0. The molecule has 2 heterocycles. The predicted octanol–water partition coefficient (Wildman–Crippen LogP) is 0.409. The van der Waals surface area contributed by atoms with Gasteiger partial charge in [0.05, 0.1) is 12.2 Å². The summed E-state index contributed by atoms with van der Waals surface area (Å²) in [5, 5.41) is 3.36. The molecule has 15 heavy (non-hydrogen) atoms. The first kappa shape index (κ1) is 12.7. The van der Waals surface area contributed by atoms with E-state index >= 15 is 0 Å². The number of hydrogen-bond acceptors (Lipinski definition) is 3. The largest absolute Gasteiger partial charge is 0.372 e. The Morgan fingerprint density at radius 3 is 2.53 bits per heavy atom. The van der Waals surface area contributed by atoms with Gasteiger partial charge in [0, 0.05) is 33.1 Å². The Hall–Kier alpha value is -0.320. The van der Waals surface area contributed by atoms with Crippen molar-refractivity contribution in [2.45, 2.75) is 25.4 Å². The van der Waals surface area contributed by atoms with Gasteiger partial charge in [0.2, 0.25) is 5.91 Å². The number of carbonyl (C=O) groups excluding carboxylic acids is 1. The Morgan fingerprint density at radius 1 is 1.40 bits per heavy atom. The van der Waals surface area contributed by atoms with Crippen molar-refractivity contribution in [3.63, 3.8) is 0 Å². The number of amides is 1. The van der Waals surface area contributed by atoms with Crippen LogP contribution in [0.2, 0.25) is 0 Å². The highest BCUT2D eigenvalue weighted by atomic mass is 35.5. The molecule has 0 aromatic rings. The summed E-state index contributed by atoms with van der Waals surface area (Å²) in [7, 11) is 0. The van der Waals surface area contributed by atoms with Gasteiger partial charge in [-0.1, -0.05) is 0 Å². The minimum atomic E-state index is 0. The van der Waals surface area contributed by atoms with E-state index in [9.17, 15) is 4.79 Å². The lowest BCUT2D eigenvalue weighted by atomic mass is 9.90. The average Bonchev–Trinajstić information content (AvgIpc) is 2.19. The van der Waals surface area contributed by atoms with Crippen LogP contribution in [-0.4, -0.2) is 49.2 Å². The number of morpholine rings is 1. The molecule has 4 nitrogen and oxygen atoms in total. The maximum Gasteiger partial charge on any atom is 0.219 e. The van der Waals surface area contributed by atoms with Gasteiger partial charge < -0.3 is 15.0 Å². The van der Waals surface area contributed by atoms with Crippen molar-refractivity contribution in [2.24, 2.45) is 0 Å². The molecule has 2 aliphatic heterocycles. The fourth-order valence-electron chi connectivity index (χ4n) is 2.26. The van der Waals surface area contributed by atoms with Crippen molar-refractivity contribution >= 4 is 18.3 Å². The van der Waals surface area contributed by atoms with Crippen molar-refractivity contribution in [1.29, 1.82) is 0 Å². The van der Waals surface area contributed by atoms with E-state index < -0.39 is 0 Å². The number of rotatable bonds is 0. The lowest BCUT2D eigenvalue weighted by Crippen LogP contribution is -2.56. The van der Waals surface area contributed by atoms with Gasteiger partial charge in [-0.25, -0.2) is 0 Å². The van der Waals surface area contributed by atoms with E-state index in [1.165, 1.54) is 0 Å².